The Morgan fingerprint density at radius 3 is 2.17 bits per heavy atom. The Kier molecular flexibility index (Phi) is 4.99. The van der Waals surface area contributed by atoms with Crippen molar-refractivity contribution in [2.45, 2.75) is 18.4 Å². The Bertz CT molecular complexity index is 1060. The van der Waals surface area contributed by atoms with Crippen LogP contribution in [0.4, 0.5) is 19.0 Å². The maximum Gasteiger partial charge on any atom is 0.465 e. The third-order valence-corrected chi connectivity index (χ3v) is 4.78. The van der Waals surface area contributed by atoms with Gasteiger partial charge in [-0.3, -0.25) is 0 Å². The van der Waals surface area contributed by atoms with E-state index >= 15 is 0 Å². The molecule has 3 aromatic rings. The van der Waals surface area contributed by atoms with Gasteiger partial charge in [0.15, 0.2) is 0 Å². The van der Waals surface area contributed by atoms with Crippen molar-refractivity contribution < 1.29 is 23.0 Å². The molecule has 0 bridgehead atoms. The lowest BCUT2D eigenvalue weighted by atomic mass is 10.1. The van der Waals surface area contributed by atoms with Crippen LogP contribution >= 0.6 is 0 Å². The van der Waals surface area contributed by atoms with Crippen molar-refractivity contribution in [2.24, 2.45) is 0 Å². The van der Waals surface area contributed by atoms with Gasteiger partial charge in [-0.05, 0) is 29.8 Å². The van der Waals surface area contributed by atoms with Gasteiger partial charge in [0.1, 0.15) is 12.4 Å². The molecule has 8 heteroatoms. The third kappa shape index (κ3) is 3.52. The van der Waals surface area contributed by atoms with Crippen LogP contribution in [0.25, 0.3) is 0 Å². The molecule has 2 heterocycles. The second-order valence-electron chi connectivity index (χ2n) is 6.80. The molecule has 0 spiro atoms. The standard InChI is InChI=1S/C22H17F3N4O/c23-22(24,25)21(27-18-13-7-8-14-26-18)20(30)29(15-16-9-3-1-4-10-16)19(28-21)17-11-5-2-6-12-17/h1-14H,15H2,(H,26,27)/p+1/t21-/m1/s1. The van der Waals surface area contributed by atoms with E-state index in [0.717, 1.165) is 4.90 Å². The summed E-state index contributed by atoms with van der Waals surface area (Å²) in [6, 6.07) is 21.8. The van der Waals surface area contributed by atoms with Crippen LogP contribution in [0.5, 0.6) is 0 Å². The van der Waals surface area contributed by atoms with Gasteiger partial charge in [0.05, 0.1) is 5.56 Å². The lowest BCUT2D eigenvalue weighted by Crippen LogP contribution is -2.94. The van der Waals surface area contributed by atoms with Crippen LogP contribution < -0.4 is 10.3 Å². The van der Waals surface area contributed by atoms with Crippen molar-refractivity contribution >= 4 is 17.6 Å². The summed E-state index contributed by atoms with van der Waals surface area (Å²) < 4.78 is 43.0. The van der Waals surface area contributed by atoms with Crippen LogP contribution in [0.1, 0.15) is 11.1 Å². The maximum absolute atomic E-state index is 14.3. The van der Waals surface area contributed by atoms with Gasteiger partial charge in [-0.15, -0.1) is 0 Å². The molecule has 1 aromatic heterocycles. The maximum atomic E-state index is 14.3. The average molecular weight is 411 g/mol. The second-order valence-corrected chi connectivity index (χ2v) is 6.80. The molecule has 1 atom stereocenters. The quantitative estimate of drug-likeness (QED) is 0.678. The lowest BCUT2D eigenvalue weighted by Gasteiger charge is -2.25. The number of hydrogen-bond acceptors (Lipinski definition) is 3. The Hall–Kier alpha value is -3.68. The highest BCUT2D eigenvalue weighted by Gasteiger charge is 2.72. The van der Waals surface area contributed by atoms with Crippen molar-refractivity contribution in [1.82, 2.24) is 9.88 Å². The fraction of sp³-hybridized carbons (Fsp3) is 0.136. The Labute approximate surface area is 170 Å². The Balaban J connectivity index is 1.83. The number of hydrogen-bond donors (Lipinski definition) is 2. The molecule has 1 aliphatic heterocycles. The number of carbonyl (C=O) groups excluding carboxylic acids is 1. The first-order valence-corrected chi connectivity index (χ1v) is 9.23. The van der Waals surface area contributed by atoms with Gasteiger partial charge in [-0.1, -0.05) is 54.6 Å². The largest absolute Gasteiger partial charge is 0.465 e. The number of nitrogens with zero attached hydrogens (tertiary/aromatic N) is 2. The van der Waals surface area contributed by atoms with Crippen molar-refractivity contribution in [3.05, 3.63) is 96.2 Å². The summed E-state index contributed by atoms with van der Waals surface area (Å²) in [4.78, 5) is 20.8. The number of rotatable bonds is 5. The predicted molar refractivity (Wildman–Crippen MR) is 105 cm³/mol. The molecular weight excluding hydrogens is 393 g/mol. The van der Waals surface area contributed by atoms with E-state index in [9.17, 15) is 18.0 Å². The minimum atomic E-state index is -4.94. The molecule has 0 fully saturated rings. The van der Waals surface area contributed by atoms with Gasteiger partial charge in [-0.25, -0.2) is 14.8 Å². The average Bonchev–Trinajstić information content (AvgIpc) is 3.03. The molecular formula is C22H18F3N4O+. The van der Waals surface area contributed by atoms with E-state index in [1.165, 1.54) is 12.3 Å². The Morgan fingerprint density at radius 2 is 1.57 bits per heavy atom. The van der Waals surface area contributed by atoms with Crippen LogP contribution in [0.15, 0.2) is 85.1 Å². The van der Waals surface area contributed by atoms with E-state index in [4.69, 9.17) is 0 Å². The zero-order chi connectivity index (χ0) is 21.2. The number of nitrogens with one attached hydrogen (secondary N) is 2. The van der Waals surface area contributed by atoms with Crippen LogP contribution in [-0.4, -0.2) is 33.5 Å². The highest BCUT2D eigenvalue weighted by Crippen LogP contribution is 2.32. The van der Waals surface area contributed by atoms with E-state index in [2.05, 4.69) is 15.3 Å². The van der Waals surface area contributed by atoms with Gasteiger partial charge in [0.25, 0.3) is 5.84 Å². The monoisotopic (exact) mass is 411 g/mol. The number of carbonyl (C=O) groups is 1. The van der Waals surface area contributed by atoms with Gasteiger partial charge >= 0.3 is 17.7 Å². The minimum Gasteiger partial charge on any atom is -0.312 e. The summed E-state index contributed by atoms with van der Waals surface area (Å²) in [5.41, 5.74) is -1.87. The normalized spacial score (nSPS) is 19.0. The highest BCUT2D eigenvalue weighted by molar-refractivity contribution is 6.11. The molecule has 0 aliphatic carbocycles. The SMILES string of the molecule is O=C1N(Cc2ccccc2)C(c2ccccc2)=[NH+][C@@]1(Nc1ccccn1)C(F)(F)F. The minimum absolute atomic E-state index is 0.0152. The summed E-state index contributed by atoms with van der Waals surface area (Å²) in [5.74, 6) is -1.14. The summed E-state index contributed by atoms with van der Waals surface area (Å²) >= 11 is 0. The molecule has 5 nitrogen and oxygen atoms in total. The number of aromatic nitrogens is 1. The summed E-state index contributed by atoms with van der Waals surface area (Å²) in [6.45, 7) is -0.0152. The molecule has 0 saturated heterocycles. The lowest BCUT2D eigenvalue weighted by molar-refractivity contribution is -0.566. The molecule has 0 radical (unpaired) electrons. The van der Waals surface area contributed by atoms with Gasteiger partial charge < -0.3 is 5.32 Å². The van der Waals surface area contributed by atoms with Crippen molar-refractivity contribution in [3.63, 3.8) is 0 Å². The molecule has 0 saturated carbocycles. The number of benzene rings is 2. The molecule has 1 amide bonds. The van der Waals surface area contributed by atoms with Crippen molar-refractivity contribution in [3.8, 4) is 0 Å². The van der Waals surface area contributed by atoms with E-state index < -0.39 is 17.7 Å². The summed E-state index contributed by atoms with van der Waals surface area (Å²) in [7, 11) is 0. The first-order valence-electron chi connectivity index (χ1n) is 9.23. The van der Waals surface area contributed by atoms with Gasteiger partial charge in [-0.2, -0.15) is 18.1 Å². The van der Waals surface area contributed by atoms with Crippen LogP contribution in [-0.2, 0) is 11.3 Å². The van der Waals surface area contributed by atoms with Crippen LogP contribution in [0, 0.1) is 0 Å². The van der Waals surface area contributed by atoms with Crippen LogP contribution in [0.2, 0.25) is 0 Å². The van der Waals surface area contributed by atoms with Crippen molar-refractivity contribution in [2.75, 3.05) is 5.32 Å². The van der Waals surface area contributed by atoms with E-state index in [1.807, 2.05) is 0 Å². The molecule has 0 unspecified atom stereocenters. The first kappa shape index (κ1) is 19.6. The number of anilines is 1. The number of halogens is 3. The zero-order valence-electron chi connectivity index (χ0n) is 15.7. The van der Waals surface area contributed by atoms with Gasteiger partial charge in [0, 0.05) is 6.20 Å². The summed E-state index contributed by atoms with van der Waals surface area (Å²) in [5, 5.41) is 2.30. The zero-order valence-corrected chi connectivity index (χ0v) is 15.7. The molecule has 30 heavy (non-hydrogen) atoms. The second kappa shape index (κ2) is 7.62. The molecule has 2 aromatic carbocycles. The number of pyridine rings is 1. The Morgan fingerprint density at radius 1 is 0.933 bits per heavy atom. The van der Waals surface area contributed by atoms with Gasteiger partial charge in [0.2, 0.25) is 0 Å². The molecule has 2 N–H and O–H groups in total. The predicted octanol–water partition coefficient (Wildman–Crippen LogP) is 2.32. The summed E-state index contributed by atoms with van der Waals surface area (Å²) in [6.07, 6.45) is -3.58. The highest BCUT2D eigenvalue weighted by atomic mass is 19.4. The van der Waals surface area contributed by atoms with E-state index in [-0.39, 0.29) is 18.2 Å². The van der Waals surface area contributed by atoms with Crippen LogP contribution in [0.3, 0.4) is 0 Å². The van der Waals surface area contributed by atoms with E-state index in [0.29, 0.717) is 11.1 Å². The fourth-order valence-electron chi connectivity index (χ4n) is 3.32. The number of amides is 1. The van der Waals surface area contributed by atoms with Crippen molar-refractivity contribution in [1.29, 1.82) is 0 Å². The first-order chi connectivity index (χ1) is 14.4. The number of alkyl halides is 3. The third-order valence-electron chi connectivity index (χ3n) is 4.78. The smallest absolute Gasteiger partial charge is 0.312 e. The van der Waals surface area contributed by atoms with E-state index in [1.54, 1.807) is 72.8 Å². The molecule has 4 rings (SSSR count). The molecule has 1 aliphatic rings. The number of amidine groups is 1. The molecule has 152 valence electrons. The topological polar surface area (TPSA) is 59.2 Å². The fourth-order valence-corrected chi connectivity index (χ4v) is 3.32.